The van der Waals surface area contributed by atoms with Crippen LogP contribution in [0, 0.1) is 10.1 Å². The summed E-state index contributed by atoms with van der Waals surface area (Å²) in [5, 5.41) is 11.0. The molecule has 0 heterocycles. The van der Waals surface area contributed by atoms with Crippen LogP contribution in [0.2, 0.25) is 0 Å². The zero-order valence-electron chi connectivity index (χ0n) is 11.4. The number of hydrogen-bond donors (Lipinski definition) is 0. The van der Waals surface area contributed by atoms with E-state index in [0.717, 1.165) is 11.3 Å². The number of hydrogen-bond acceptors (Lipinski definition) is 4. The summed E-state index contributed by atoms with van der Waals surface area (Å²) in [4.78, 5) is 12.5. The summed E-state index contributed by atoms with van der Waals surface area (Å²) in [6.07, 6.45) is 0. The molecule has 0 bridgehead atoms. The number of nitro benzene ring substituents is 1. The zero-order chi connectivity index (χ0) is 14.5. The maximum Gasteiger partial charge on any atom is 0.292 e. The average molecular weight is 272 g/mol. The number of ether oxygens (including phenoxy) is 1. The first kappa shape index (κ1) is 13.9. The third-order valence-electron chi connectivity index (χ3n) is 3.04. The molecule has 0 saturated carbocycles. The summed E-state index contributed by atoms with van der Waals surface area (Å²) in [5.41, 5.74) is 1.74. The second-order valence-corrected chi connectivity index (χ2v) is 4.45. The van der Waals surface area contributed by atoms with Gasteiger partial charge in [0.05, 0.1) is 12.0 Å². The van der Waals surface area contributed by atoms with E-state index in [0.29, 0.717) is 12.2 Å². The number of nitrogens with zero attached hydrogens (tertiary/aromatic N) is 2. The van der Waals surface area contributed by atoms with Gasteiger partial charge in [0.15, 0.2) is 0 Å². The van der Waals surface area contributed by atoms with Crippen LogP contribution in [0.5, 0.6) is 5.75 Å². The number of para-hydroxylation sites is 2. The molecule has 104 valence electrons. The predicted molar refractivity (Wildman–Crippen MR) is 78.2 cm³/mol. The van der Waals surface area contributed by atoms with Crippen LogP contribution in [0.15, 0.2) is 48.5 Å². The standard InChI is InChI=1S/C15H16N2O3/c1-16(11-12-6-5-7-13(10-12)20-2)14-8-3-4-9-15(14)17(18)19/h3-10H,11H2,1-2H3. The van der Waals surface area contributed by atoms with Gasteiger partial charge in [0, 0.05) is 19.7 Å². The van der Waals surface area contributed by atoms with Crippen LogP contribution in [0.3, 0.4) is 0 Å². The molecule has 20 heavy (non-hydrogen) atoms. The molecule has 5 heteroatoms. The minimum Gasteiger partial charge on any atom is -0.497 e. The van der Waals surface area contributed by atoms with E-state index in [-0.39, 0.29) is 10.6 Å². The van der Waals surface area contributed by atoms with Crippen LogP contribution in [-0.2, 0) is 6.54 Å². The van der Waals surface area contributed by atoms with Gasteiger partial charge in [-0.15, -0.1) is 0 Å². The Bertz CT molecular complexity index is 614. The van der Waals surface area contributed by atoms with Crippen LogP contribution in [-0.4, -0.2) is 19.1 Å². The van der Waals surface area contributed by atoms with Crippen LogP contribution in [0.1, 0.15) is 5.56 Å². The summed E-state index contributed by atoms with van der Waals surface area (Å²) in [6.45, 7) is 0.571. The van der Waals surface area contributed by atoms with Crippen molar-refractivity contribution in [3.63, 3.8) is 0 Å². The molecule has 0 amide bonds. The molecule has 0 aliphatic carbocycles. The van der Waals surface area contributed by atoms with Crippen LogP contribution >= 0.6 is 0 Å². The molecule has 0 aliphatic heterocycles. The molecule has 0 aliphatic rings. The summed E-state index contributed by atoms with van der Waals surface area (Å²) >= 11 is 0. The van der Waals surface area contributed by atoms with Gasteiger partial charge in [0.2, 0.25) is 0 Å². The number of methoxy groups -OCH3 is 1. The van der Waals surface area contributed by atoms with Crippen molar-refractivity contribution in [2.24, 2.45) is 0 Å². The minimum absolute atomic E-state index is 0.109. The molecule has 0 atom stereocenters. The molecular weight excluding hydrogens is 256 g/mol. The van der Waals surface area contributed by atoms with Gasteiger partial charge in [-0.25, -0.2) is 0 Å². The first-order valence-electron chi connectivity index (χ1n) is 6.19. The molecule has 5 nitrogen and oxygen atoms in total. The Balaban J connectivity index is 2.23. The van der Waals surface area contributed by atoms with E-state index in [1.165, 1.54) is 6.07 Å². The number of benzene rings is 2. The summed E-state index contributed by atoms with van der Waals surface area (Å²) in [5.74, 6) is 0.776. The SMILES string of the molecule is COc1cccc(CN(C)c2ccccc2[N+](=O)[O-])c1. The van der Waals surface area contributed by atoms with E-state index in [9.17, 15) is 10.1 Å². The van der Waals surface area contributed by atoms with E-state index in [4.69, 9.17) is 4.74 Å². The number of anilines is 1. The van der Waals surface area contributed by atoms with Crippen molar-refractivity contribution < 1.29 is 9.66 Å². The zero-order valence-corrected chi connectivity index (χ0v) is 11.4. The van der Waals surface area contributed by atoms with E-state index in [2.05, 4.69) is 0 Å². The lowest BCUT2D eigenvalue weighted by Gasteiger charge is -2.19. The van der Waals surface area contributed by atoms with E-state index in [1.807, 2.05) is 36.2 Å². The second-order valence-electron chi connectivity index (χ2n) is 4.45. The molecule has 0 N–H and O–H groups in total. The normalized spacial score (nSPS) is 10.1. The van der Waals surface area contributed by atoms with E-state index < -0.39 is 0 Å². The Morgan fingerprint density at radius 3 is 2.65 bits per heavy atom. The molecule has 2 aromatic rings. The second kappa shape index (κ2) is 6.06. The number of rotatable bonds is 5. The third kappa shape index (κ3) is 3.06. The fraction of sp³-hybridized carbons (Fsp3) is 0.200. The molecule has 2 aromatic carbocycles. The number of nitro groups is 1. The Morgan fingerprint density at radius 2 is 1.95 bits per heavy atom. The molecule has 2 rings (SSSR count). The molecule has 0 saturated heterocycles. The molecule has 0 aromatic heterocycles. The Kier molecular flexibility index (Phi) is 4.20. The monoisotopic (exact) mass is 272 g/mol. The highest BCUT2D eigenvalue weighted by Crippen LogP contribution is 2.28. The summed E-state index contributed by atoms with van der Waals surface area (Å²) < 4.78 is 5.18. The topological polar surface area (TPSA) is 55.6 Å². The molecule has 0 spiro atoms. The Labute approximate surface area is 117 Å². The van der Waals surface area contributed by atoms with Gasteiger partial charge in [0.1, 0.15) is 11.4 Å². The first-order valence-corrected chi connectivity index (χ1v) is 6.19. The van der Waals surface area contributed by atoms with Crippen LogP contribution in [0.4, 0.5) is 11.4 Å². The fourth-order valence-electron chi connectivity index (χ4n) is 2.07. The van der Waals surface area contributed by atoms with Gasteiger partial charge in [-0.2, -0.15) is 0 Å². The van der Waals surface area contributed by atoms with Gasteiger partial charge in [-0.05, 0) is 23.8 Å². The van der Waals surface area contributed by atoms with Crippen molar-refractivity contribution in [2.75, 3.05) is 19.1 Å². The third-order valence-corrected chi connectivity index (χ3v) is 3.04. The van der Waals surface area contributed by atoms with Crippen molar-refractivity contribution in [3.8, 4) is 5.75 Å². The highest BCUT2D eigenvalue weighted by Gasteiger charge is 2.16. The van der Waals surface area contributed by atoms with E-state index in [1.54, 1.807) is 25.3 Å². The lowest BCUT2D eigenvalue weighted by molar-refractivity contribution is -0.384. The van der Waals surface area contributed by atoms with Crippen molar-refractivity contribution >= 4 is 11.4 Å². The lowest BCUT2D eigenvalue weighted by Crippen LogP contribution is -2.17. The molecule has 0 fully saturated rings. The maximum absolute atomic E-state index is 11.0. The van der Waals surface area contributed by atoms with Gasteiger partial charge in [0.25, 0.3) is 5.69 Å². The smallest absolute Gasteiger partial charge is 0.292 e. The van der Waals surface area contributed by atoms with Crippen LogP contribution in [0.25, 0.3) is 0 Å². The maximum atomic E-state index is 11.0. The van der Waals surface area contributed by atoms with Crippen LogP contribution < -0.4 is 9.64 Å². The van der Waals surface area contributed by atoms with Crippen molar-refractivity contribution in [2.45, 2.75) is 6.54 Å². The summed E-state index contributed by atoms with van der Waals surface area (Å²) in [7, 11) is 3.45. The van der Waals surface area contributed by atoms with Gasteiger partial charge >= 0.3 is 0 Å². The van der Waals surface area contributed by atoms with Gasteiger partial charge in [-0.3, -0.25) is 10.1 Å². The molecule has 0 unspecified atom stereocenters. The van der Waals surface area contributed by atoms with E-state index >= 15 is 0 Å². The molecular formula is C15H16N2O3. The largest absolute Gasteiger partial charge is 0.497 e. The highest BCUT2D eigenvalue weighted by atomic mass is 16.6. The predicted octanol–water partition coefficient (Wildman–Crippen LogP) is 3.24. The minimum atomic E-state index is -0.364. The Morgan fingerprint density at radius 1 is 1.20 bits per heavy atom. The fourth-order valence-corrected chi connectivity index (χ4v) is 2.07. The van der Waals surface area contributed by atoms with Crippen molar-refractivity contribution in [3.05, 3.63) is 64.2 Å². The van der Waals surface area contributed by atoms with Crippen molar-refractivity contribution in [1.29, 1.82) is 0 Å². The average Bonchev–Trinajstić information content (AvgIpc) is 2.47. The van der Waals surface area contributed by atoms with Gasteiger partial charge < -0.3 is 9.64 Å². The lowest BCUT2D eigenvalue weighted by atomic mass is 10.2. The highest BCUT2D eigenvalue weighted by molar-refractivity contribution is 5.62. The Hall–Kier alpha value is -2.56. The van der Waals surface area contributed by atoms with Crippen molar-refractivity contribution in [1.82, 2.24) is 0 Å². The quantitative estimate of drug-likeness (QED) is 0.619. The van der Waals surface area contributed by atoms with Gasteiger partial charge in [-0.1, -0.05) is 24.3 Å². The summed E-state index contributed by atoms with van der Waals surface area (Å²) in [6, 6.07) is 14.4. The molecule has 0 radical (unpaired) electrons. The first-order chi connectivity index (χ1) is 9.61.